The molecule has 2 atom stereocenters. The summed E-state index contributed by atoms with van der Waals surface area (Å²) in [5.74, 6) is -0.887. The van der Waals surface area contributed by atoms with Crippen molar-refractivity contribution in [3.8, 4) is 0 Å². The zero-order valence-corrected chi connectivity index (χ0v) is 13.4. The van der Waals surface area contributed by atoms with Gasteiger partial charge in [0.05, 0.1) is 9.65 Å². The normalized spacial score (nSPS) is 13.8. The van der Waals surface area contributed by atoms with Crippen molar-refractivity contribution in [2.45, 2.75) is 9.65 Å². The van der Waals surface area contributed by atoms with Crippen LogP contribution in [0.4, 0.5) is 8.78 Å². The van der Waals surface area contributed by atoms with Crippen LogP contribution in [0.15, 0.2) is 48.5 Å². The predicted octanol–water partition coefficient (Wildman–Crippen LogP) is 5.05. The maximum atomic E-state index is 12.9. The van der Waals surface area contributed by atoms with Gasteiger partial charge in [0.25, 0.3) is 0 Å². The Kier molecular flexibility index (Phi) is 5.05. The van der Waals surface area contributed by atoms with Crippen LogP contribution in [0.3, 0.4) is 0 Å². The smallest absolute Gasteiger partial charge is 0.177 e. The average Bonchev–Trinajstić information content (AvgIpc) is 2.46. The lowest BCUT2D eigenvalue weighted by atomic mass is 10.0. The highest BCUT2D eigenvalue weighted by Gasteiger charge is 2.26. The summed E-state index contributed by atoms with van der Waals surface area (Å²) in [6.07, 6.45) is 0. The Hall–Kier alpha value is -1.07. The monoisotopic (exact) mass is 402 g/mol. The van der Waals surface area contributed by atoms with Gasteiger partial charge in [-0.2, -0.15) is 0 Å². The SMILES string of the molecule is O=C(c1ccc(F)cc1)[C@@H](Br)[C@H](Br)c1ccc(F)cc1. The van der Waals surface area contributed by atoms with Crippen molar-refractivity contribution in [2.24, 2.45) is 0 Å². The predicted molar refractivity (Wildman–Crippen MR) is 81.5 cm³/mol. The molecule has 0 amide bonds. The number of hydrogen-bond acceptors (Lipinski definition) is 1. The Bertz CT molecular complexity index is 596. The van der Waals surface area contributed by atoms with E-state index in [9.17, 15) is 13.6 Å². The van der Waals surface area contributed by atoms with Gasteiger partial charge in [-0.1, -0.05) is 44.0 Å². The Balaban J connectivity index is 2.17. The second-order valence-electron chi connectivity index (χ2n) is 4.23. The van der Waals surface area contributed by atoms with E-state index in [0.717, 1.165) is 5.56 Å². The molecule has 0 aliphatic carbocycles. The molecule has 104 valence electrons. The lowest BCUT2D eigenvalue weighted by molar-refractivity contribution is 0.0991. The van der Waals surface area contributed by atoms with Gasteiger partial charge in [-0.15, -0.1) is 0 Å². The number of ketones is 1. The number of benzene rings is 2. The molecule has 2 rings (SSSR count). The number of hydrogen-bond donors (Lipinski definition) is 0. The summed E-state index contributed by atoms with van der Waals surface area (Å²) >= 11 is 6.76. The second kappa shape index (κ2) is 6.59. The van der Waals surface area contributed by atoms with Crippen LogP contribution in [0.2, 0.25) is 0 Å². The molecule has 0 aliphatic heterocycles. The lowest BCUT2D eigenvalue weighted by Crippen LogP contribution is -2.19. The number of carbonyl (C=O) groups is 1. The van der Waals surface area contributed by atoms with Crippen molar-refractivity contribution in [1.82, 2.24) is 0 Å². The first kappa shape index (κ1) is 15.3. The molecule has 5 heteroatoms. The summed E-state index contributed by atoms with van der Waals surface area (Å²) in [6, 6.07) is 11.3. The van der Waals surface area contributed by atoms with Crippen molar-refractivity contribution in [2.75, 3.05) is 0 Å². The Morgan fingerprint density at radius 1 is 0.850 bits per heavy atom. The molecule has 20 heavy (non-hydrogen) atoms. The molecule has 0 aromatic heterocycles. The minimum Gasteiger partial charge on any atom is -0.293 e. The van der Waals surface area contributed by atoms with Crippen LogP contribution in [0.5, 0.6) is 0 Å². The van der Waals surface area contributed by atoms with E-state index in [-0.39, 0.29) is 22.2 Å². The van der Waals surface area contributed by atoms with E-state index < -0.39 is 4.83 Å². The molecule has 1 nitrogen and oxygen atoms in total. The molecule has 0 saturated carbocycles. The Morgan fingerprint density at radius 3 is 1.80 bits per heavy atom. The number of rotatable bonds is 4. The molecule has 0 aliphatic rings. The van der Waals surface area contributed by atoms with E-state index in [0.29, 0.717) is 5.56 Å². The van der Waals surface area contributed by atoms with Gasteiger partial charge in [0.15, 0.2) is 5.78 Å². The quantitative estimate of drug-likeness (QED) is 0.515. The van der Waals surface area contributed by atoms with E-state index in [1.54, 1.807) is 12.1 Å². The first-order valence-corrected chi connectivity index (χ1v) is 7.65. The molecule has 0 bridgehead atoms. The summed E-state index contributed by atoms with van der Waals surface area (Å²) in [5.41, 5.74) is 1.20. The summed E-state index contributed by atoms with van der Waals surface area (Å²) in [6.45, 7) is 0. The zero-order chi connectivity index (χ0) is 14.7. The van der Waals surface area contributed by atoms with Gasteiger partial charge in [-0.05, 0) is 42.0 Å². The Morgan fingerprint density at radius 2 is 1.30 bits per heavy atom. The van der Waals surface area contributed by atoms with Crippen molar-refractivity contribution in [1.29, 1.82) is 0 Å². The van der Waals surface area contributed by atoms with E-state index in [2.05, 4.69) is 31.9 Å². The maximum Gasteiger partial charge on any atom is 0.177 e. The van der Waals surface area contributed by atoms with Gasteiger partial charge in [-0.25, -0.2) is 8.78 Å². The van der Waals surface area contributed by atoms with Crippen molar-refractivity contribution >= 4 is 37.6 Å². The third kappa shape index (κ3) is 3.52. The zero-order valence-electron chi connectivity index (χ0n) is 10.2. The molecule has 0 N–H and O–H groups in total. The van der Waals surface area contributed by atoms with Crippen LogP contribution in [0.25, 0.3) is 0 Å². The number of alkyl halides is 2. The van der Waals surface area contributed by atoms with Gasteiger partial charge in [0.1, 0.15) is 11.6 Å². The van der Waals surface area contributed by atoms with Crippen LogP contribution in [0, 0.1) is 11.6 Å². The summed E-state index contributed by atoms with van der Waals surface area (Å²) in [4.78, 5) is 11.4. The van der Waals surface area contributed by atoms with Crippen LogP contribution in [-0.2, 0) is 0 Å². The molecule has 0 saturated heterocycles. The fourth-order valence-electron chi connectivity index (χ4n) is 1.72. The highest BCUT2D eigenvalue weighted by molar-refractivity contribution is 9.12. The summed E-state index contributed by atoms with van der Waals surface area (Å²) in [5, 5.41) is 0. The van der Waals surface area contributed by atoms with Crippen molar-refractivity contribution in [3.05, 3.63) is 71.3 Å². The number of carbonyl (C=O) groups excluding carboxylic acids is 1. The minimum absolute atomic E-state index is 0.170. The lowest BCUT2D eigenvalue weighted by Gasteiger charge is -2.16. The molecule has 0 fully saturated rings. The number of halogens is 4. The molecular formula is C15H10Br2F2O. The fourth-order valence-corrected chi connectivity index (χ4v) is 2.84. The highest BCUT2D eigenvalue weighted by Crippen LogP contribution is 2.33. The standard InChI is InChI=1S/C15H10Br2F2O/c16-13(9-1-5-11(18)6-2-9)14(17)15(20)10-3-7-12(19)8-4-10/h1-8,13-14H/t13-,14+/m1/s1. The maximum absolute atomic E-state index is 12.9. The summed E-state index contributed by atoms with van der Waals surface area (Å²) in [7, 11) is 0. The van der Waals surface area contributed by atoms with E-state index >= 15 is 0 Å². The molecule has 2 aromatic rings. The van der Waals surface area contributed by atoms with Crippen molar-refractivity contribution in [3.63, 3.8) is 0 Å². The van der Waals surface area contributed by atoms with Gasteiger partial charge >= 0.3 is 0 Å². The van der Waals surface area contributed by atoms with Crippen molar-refractivity contribution < 1.29 is 13.6 Å². The summed E-state index contributed by atoms with van der Waals surface area (Å²) < 4.78 is 25.7. The fraction of sp³-hybridized carbons (Fsp3) is 0.133. The van der Waals surface area contributed by atoms with Crippen LogP contribution >= 0.6 is 31.9 Å². The molecule has 0 spiro atoms. The topological polar surface area (TPSA) is 17.1 Å². The third-order valence-corrected chi connectivity index (χ3v) is 5.54. The Labute approximate surface area is 132 Å². The molecular weight excluding hydrogens is 394 g/mol. The average molecular weight is 404 g/mol. The number of Topliss-reactive ketones (excluding diaryl/α,β-unsaturated/α-hetero) is 1. The third-order valence-electron chi connectivity index (χ3n) is 2.82. The van der Waals surface area contributed by atoms with E-state index in [1.165, 1.54) is 36.4 Å². The minimum atomic E-state index is -0.529. The van der Waals surface area contributed by atoms with Gasteiger partial charge in [0.2, 0.25) is 0 Å². The van der Waals surface area contributed by atoms with E-state index in [4.69, 9.17) is 0 Å². The molecule has 0 radical (unpaired) electrons. The highest BCUT2D eigenvalue weighted by atomic mass is 79.9. The largest absolute Gasteiger partial charge is 0.293 e. The van der Waals surface area contributed by atoms with E-state index in [1.807, 2.05) is 0 Å². The van der Waals surface area contributed by atoms with Crippen LogP contribution < -0.4 is 0 Å². The van der Waals surface area contributed by atoms with Gasteiger partial charge in [-0.3, -0.25) is 4.79 Å². The molecule has 2 aromatic carbocycles. The first-order valence-electron chi connectivity index (χ1n) is 5.82. The molecule has 0 unspecified atom stereocenters. The molecule has 0 heterocycles. The van der Waals surface area contributed by atoms with Gasteiger partial charge in [0, 0.05) is 5.56 Å². The van der Waals surface area contributed by atoms with Gasteiger partial charge < -0.3 is 0 Å². The second-order valence-corrected chi connectivity index (χ2v) is 6.20. The first-order chi connectivity index (χ1) is 9.49. The van der Waals surface area contributed by atoms with Crippen LogP contribution in [-0.4, -0.2) is 10.6 Å². The van der Waals surface area contributed by atoms with Crippen LogP contribution in [0.1, 0.15) is 20.7 Å².